The Morgan fingerprint density at radius 2 is 2.04 bits per heavy atom. The number of carboxylic acids is 1. The number of benzene rings is 2. The van der Waals surface area contributed by atoms with E-state index in [0.717, 1.165) is 23.4 Å². The van der Waals surface area contributed by atoms with Crippen LogP contribution in [0.3, 0.4) is 0 Å². The highest BCUT2D eigenvalue weighted by molar-refractivity contribution is 5.89. The van der Waals surface area contributed by atoms with E-state index in [1.54, 1.807) is 19.2 Å². The van der Waals surface area contributed by atoms with Crippen LogP contribution in [0, 0.1) is 5.92 Å². The van der Waals surface area contributed by atoms with Crippen molar-refractivity contribution in [3.05, 3.63) is 71.3 Å². The zero-order chi connectivity index (χ0) is 16.7. The maximum absolute atomic E-state index is 11.6. The molecular formula is C20H19NO3. The van der Waals surface area contributed by atoms with E-state index >= 15 is 0 Å². The van der Waals surface area contributed by atoms with E-state index in [0.29, 0.717) is 11.5 Å². The third kappa shape index (κ3) is 2.26. The van der Waals surface area contributed by atoms with Crippen molar-refractivity contribution in [3.63, 3.8) is 0 Å². The van der Waals surface area contributed by atoms with Crippen LogP contribution >= 0.6 is 0 Å². The summed E-state index contributed by atoms with van der Waals surface area (Å²) in [4.78, 5) is 11.6. The first-order chi connectivity index (χ1) is 11.7. The van der Waals surface area contributed by atoms with Crippen molar-refractivity contribution in [2.45, 2.75) is 18.4 Å². The highest BCUT2D eigenvalue weighted by atomic mass is 16.5. The molecule has 0 fully saturated rings. The topological polar surface area (TPSA) is 58.6 Å². The number of methoxy groups -OCH3 is 1. The number of aromatic carboxylic acids is 1. The van der Waals surface area contributed by atoms with E-state index in [-0.39, 0.29) is 12.0 Å². The fraction of sp³-hybridized carbons (Fsp3) is 0.250. The quantitative estimate of drug-likeness (QED) is 0.831. The van der Waals surface area contributed by atoms with Gasteiger partial charge in [-0.25, -0.2) is 4.79 Å². The third-order valence-electron chi connectivity index (χ3n) is 5.10. The minimum atomic E-state index is -0.879. The van der Waals surface area contributed by atoms with Crippen LogP contribution in [0.5, 0.6) is 5.75 Å². The molecule has 0 amide bonds. The number of hydrogen-bond acceptors (Lipinski definition) is 3. The molecule has 0 radical (unpaired) electrons. The molecule has 1 aliphatic heterocycles. The fourth-order valence-corrected chi connectivity index (χ4v) is 3.97. The minimum absolute atomic E-state index is 0.0156. The first-order valence-corrected chi connectivity index (χ1v) is 8.12. The van der Waals surface area contributed by atoms with Crippen molar-refractivity contribution < 1.29 is 14.6 Å². The number of fused-ring (bicyclic) bond motifs is 3. The van der Waals surface area contributed by atoms with Crippen molar-refractivity contribution >= 4 is 11.7 Å². The van der Waals surface area contributed by atoms with Gasteiger partial charge in [0.2, 0.25) is 0 Å². The Balaban J connectivity index is 1.81. The average Bonchev–Trinajstić information content (AvgIpc) is 3.10. The Morgan fingerprint density at radius 1 is 1.21 bits per heavy atom. The van der Waals surface area contributed by atoms with Crippen LogP contribution in [-0.4, -0.2) is 18.2 Å². The summed E-state index contributed by atoms with van der Waals surface area (Å²) in [5.41, 5.74) is 3.49. The molecule has 24 heavy (non-hydrogen) atoms. The molecule has 0 spiro atoms. The van der Waals surface area contributed by atoms with Gasteiger partial charge in [-0.05, 0) is 47.7 Å². The van der Waals surface area contributed by atoms with Gasteiger partial charge < -0.3 is 15.2 Å². The first-order valence-electron chi connectivity index (χ1n) is 8.12. The Kier molecular flexibility index (Phi) is 3.53. The molecule has 2 N–H and O–H groups in total. The van der Waals surface area contributed by atoms with E-state index in [2.05, 4.69) is 23.5 Å². The lowest BCUT2D eigenvalue weighted by Crippen LogP contribution is -2.30. The van der Waals surface area contributed by atoms with Crippen LogP contribution in [0.15, 0.2) is 54.6 Å². The van der Waals surface area contributed by atoms with Gasteiger partial charge in [0, 0.05) is 11.6 Å². The monoisotopic (exact) mass is 321 g/mol. The van der Waals surface area contributed by atoms with Crippen molar-refractivity contribution in [1.29, 1.82) is 0 Å². The number of anilines is 1. The Morgan fingerprint density at radius 3 is 2.83 bits per heavy atom. The first kappa shape index (κ1) is 14.8. The van der Waals surface area contributed by atoms with Gasteiger partial charge in [0.05, 0.1) is 18.7 Å². The van der Waals surface area contributed by atoms with Gasteiger partial charge in [-0.15, -0.1) is 0 Å². The average molecular weight is 321 g/mol. The van der Waals surface area contributed by atoms with E-state index in [4.69, 9.17) is 4.74 Å². The largest absolute Gasteiger partial charge is 0.497 e. The normalized spacial score (nSPS) is 24.0. The van der Waals surface area contributed by atoms with Crippen LogP contribution in [0.1, 0.15) is 39.9 Å². The lowest BCUT2D eigenvalue weighted by molar-refractivity contribution is 0.0694. The molecule has 0 bridgehead atoms. The van der Waals surface area contributed by atoms with Crippen LogP contribution in [-0.2, 0) is 0 Å². The molecule has 4 rings (SSSR count). The minimum Gasteiger partial charge on any atom is -0.497 e. The summed E-state index contributed by atoms with van der Waals surface area (Å²) in [5.74, 6) is 0.558. The van der Waals surface area contributed by atoms with Crippen molar-refractivity contribution in [2.24, 2.45) is 5.92 Å². The molecule has 1 aliphatic carbocycles. The SMILES string of the molecule is COc1ccc2c(c1)[C@@H]1C=CC[C@@H]1[C@H](c1ccccc1C(=O)O)N2. The van der Waals surface area contributed by atoms with Crippen LogP contribution in [0.4, 0.5) is 5.69 Å². The fourth-order valence-electron chi connectivity index (χ4n) is 3.97. The summed E-state index contributed by atoms with van der Waals surface area (Å²) in [6, 6.07) is 13.3. The maximum Gasteiger partial charge on any atom is 0.336 e. The molecule has 0 saturated heterocycles. The highest BCUT2D eigenvalue weighted by Gasteiger charge is 2.39. The van der Waals surface area contributed by atoms with Crippen molar-refractivity contribution in [3.8, 4) is 5.75 Å². The standard InChI is InChI=1S/C20H19NO3/c1-24-12-9-10-18-17(11-12)13-7-4-8-14(13)19(21-18)15-5-2-3-6-16(15)20(22)23/h2-7,9-11,13-14,19,21H,8H2,1H3,(H,22,23)/t13-,14+,19-/m1/s1. The molecule has 3 atom stereocenters. The van der Waals surface area contributed by atoms with Gasteiger partial charge in [0.25, 0.3) is 0 Å². The van der Waals surface area contributed by atoms with Crippen LogP contribution < -0.4 is 10.1 Å². The predicted octanol–water partition coefficient (Wildman–Crippen LogP) is 4.22. The van der Waals surface area contributed by atoms with Gasteiger partial charge in [0.15, 0.2) is 0 Å². The van der Waals surface area contributed by atoms with Gasteiger partial charge in [-0.1, -0.05) is 30.4 Å². The molecule has 4 heteroatoms. The molecule has 4 nitrogen and oxygen atoms in total. The Bertz CT molecular complexity index is 827. The molecule has 0 saturated carbocycles. The van der Waals surface area contributed by atoms with Crippen LogP contribution in [0.2, 0.25) is 0 Å². The molecule has 2 aromatic rings. The van der Waals surface area contributed by atoms with Crippen molar-refractivity contribution in [1.82, 2.24) is 0 Å². The number of nitrogens with one attached hydrogen (secondary N) is 1. The summed E-state index contributed by atoms with van der Waals surface area (Å²) in [7, 11) is 1.67. The molecule has 2 aromatic carbocycles. The zero-order valence-electron chi connectivity index (χ0n) is 13.4. The molecule has 2 aliphatic rings. The number of carbonyl (C=O) groups is 1. The second-order valence-electron chi connectivity index (χ2n) is 6.32. The van der Waals surface area contributed by atoms with E-state index in [9.17, 15) is 9.90 Å². The van der Waals surface area contributed by atoms with Gasteiger partial charge >= 0.3 is 5.97 Å². The molecule has 1 heterocycles. The third-order valence-corrected chi connectivity index (χ3v) is 5.10. The molecule has 122 valence electrons. The maximum atomic E-state index is 11.6. The van der Waals surface area contributed by atoms with Gasteiger partial charge in [-0.2, -0.15) is 0 Å². The Labute approximate surface area is 140 Å². The summed E-state index contributed by atoms with van der Waals surface area (Å²) >= 11 is 0. The van der Waals surface area contributed by atoms with Crippen LogP contribution in [0.25, 0.3) is 0 Å². The van der Waals surface area contributed by atoms with E-state index in [1.165, 1.54) is 5.56 Å². The molecule has 0 aromatic heterocycles. The van der Waals surface area contributed by atoms with Gasteiger partial charge in [0.1, 0.15) is 5.75 Å². The number of carboxylic acid groups (broad SMARTS) is 1. The summed E-state index contributed by atoms with van der Waals surface area (Å²) < 4.78 is 5.36. The van der Waals surface area contributed by atoms with Gasteiger partial charge in [-0.3, -0.25) is 0 Å². The lowest BCUT2D eigenvalue weighted by atomic mass is 9.76. The molecule has 0 unspecified atom stereocenters. The summed E-state index contributed by atoms with van der Waals surface area (Å²) in [5, 5.41) is 13.1. The number of ether oxygens (including phenoxy) is 1. The smallest absolute Gasteiger partial charge is 0.336 e. The van der Waals surface area contributed by atoms with Crippen molar-refractivity contribution in [2.75, 3.05) is 12.4 Å². The number of allylic oxidation sites excluding steroid dienone is 2. The summed E-state index contributed by atoms with van der Waals surface area (Å²) in [6.07, 6.45) is 5.37. The Hall–Kier alpha value is -2.75. The zero-order valence-corrected chi connectivity index (χ0v) is 13.4. The lowest BCUT2D eigenvalue weighted by Gasteiger charge is -2.38. The second kappa shape index (κ2) is 5.71. The van der Waals surface area contributed by atoms with E-state index < -0.39 is 5.97 Å². The number of hydrogen-bond donors (Lipinski definition) is 2. The summed E-state index contributed by atoms with van der Waals surface area (Å²) in [6.45, 7) is 0. The predicted molar refractivity (Wildman–Crippen MR) is 92.7 cm³/mol. The number of rotatable bonds is 3. The van der Waals surface area contributed by atoms with E-state index in [1.807, 2.05) is 24.3 Å². The second-order valence-corrected chi connectivity index (χ2v) is 6.32. The molecular weight excluding hydrogens is 302 g/mol. The highest BCUT2D eigenvalue weighted by Crippen LogP contribution is 2.50.